The molecule has 114 valence electrons. The summed E-state index contributed by atoms with van der Waals surface area (Å²) in [5, 5.41) is 4.56. The Kier molecular flexibility index (Phi) is 5.39. The summed E-state index contributed by atoms with van der Waals surface area (Å²) in [6, 6.07) is 8.34. The third-order valence-electron chi connectivity index (χ3n) is 3.39. The van der Waals surface area contributed by atoms with E-state index in [4.69, 9.17) is 10.6 Å². The van der Waals surface area contributed by atoms with E-state index < -0.39 is 0 Å². The summed E-state index contributed by atoms with van der Waals surface area (Å²) in [5.74, 6) is 6.51. The van der Waals surface area contributed by atoms with E-state index in [1.807, 2.05) is 35.1 Å². The van der Waals surface area contributed by atoms with Crippen LogP contribution in [0.25, 0.3) is 0 Å². The summed E-state index contributed by atoms with van der Waals surface area (Å²) in [7, 11) is 1.65. The molecule has 0 aliphatic heterocycles. The Morgan fingerprint density at radius 1 is 1.38 bits per heavy atom. The highest BCUT2D eigenvalue weighted by Gasteiger charge is 2.14. The highest BCUT2D eigenvalue weighted by molar-refractivity contribution is 9.10. The molecule has 0 radical (unpaired) electrons. The molecule has 1 atom stereocenters. The van der Waals surface area contributed by atoms with Gasteiger partial charge in [0.15, 0.2) is 0 Å². The van der Waals surface area contributed by atoms with E-state index in [0.717, 1.165) is 27.9 Å². The van der Waals surface area contributed by atoms with Crippen LogP contribution in [0.3, 0.4) is 0 Å². The van der Waals surface area contributed by atoms with E-state index in [0.29, 0.717) is 6.04 Å². The molecule has 2 rings (SSSR count). The molecule has 21 heavy (non-hydrogen) atoms. The Morgan fingerprint density at radius 3 is 2.67 bits per heavy atom. The number of nitrogens with one attached hydrogen (secondary N) is 1. The minimum absolute atomic E-state index is 0.00252. The van der Waals surface area contributed by atoms with Gasteiger partial charge in [-0.2, -0.15) is 5.10 Å². The average Bonchev–Trinajstić information content (AvgIpc) is 2.93. The van der Waals surface area contributed by atoms with Gasteiger partial charge in [-0.25, -0.2) is 0 Å². The van der Waals surface area contributed by atoms with Gasteiger partial charge in [-0.3, -0.25) is 16.0 Å². The summed E-state index contributed by atoms with van der Waals surface area (Å²) < 4.78 is 8.11. The molecular formula is C15H21BrN4O. The maximum Gasteiger partial charge on any atom is 0.133 e. The Hall–Kier alpha value is -1.37. The summed E-state index contributed by atoms with van der Waals surface area (Å²) >= 11 is 3.50. The van der Waals surface area contributed by atoms with Crippen LogP contribution in [0.1, 0.15) is 37.2 Å². The zero-order valence-electron chi connectivity index (χ0n) is 12.5. The Labute approximate surface area is 133 Å². The van der Waals surface area contributed by atoms with Gasteiger partial charge in [-0.1, -0.05) is 6.07 Å². The molecule has 2 aromatic rings. The number of halogens is 1. The molecule has 0 saturated carbocycles. The van der Waals surface area contributed by atoms with Gasteiger partial charge in [0.05, 0.1) is 23.3 Å². The first kappa shape index (κ1) is 16.0. The predicted octanol–water partition coefficient (Wildman–Crippen LogP) is 2.98. The normalized spacial score (nSPS) is 12.7. The van der Waals surface area contributed by atoms with Crippen molar-refractivity contribution in [3.8, 4) is 5.75 Å². The van der Waals surface area contributed by atoms with Crippen molar-refractivity contribution in [3.63, 3.8) is 0 Å². The fraction of sp³-hybridized carbons (Fsp3) is 0.400. The van der Waals surface area contributed by atoms with Crippen molar-refractivity contribution < 1.29 is 4.74 Å². The molecule has 0 bridgehead atoms. The van der Waals surface area contributed by atoms with Crippen LogP contribution < -0.4 is 16.0 Å². The SMILES string of the molecule is COc1ccc(C(Cc2ccn(C(C)C)n2)NN)cc1Br. The lowest BCUT2D eigenvalue weighted by Gasteiger charge is -2.16. The molecule has 1 aromatic heterocycles. The molecule has 0 spiro atoms. The average molecular weight is 353 g/mol. The highest BCUT2D eigenvalue weighted by Crippen LogP contribution is 2.29. The zero-order chi connectivity index (χ0) is 15.4. The van der Waals surface area contributed by atoms with Crippen molar-refractivity contribution in [1.29, 1.82) is 0 Å². The van der Waals surface area contributed by atoms with E-state index in [2.05, 4.69) is 40.3 Å². The lowest BCUT2D eigenvalue weighted by molar-refractivity contribution is 0.411. The molecule has 0 amide bonds. The first-order valence-corrected chi connectivity index (χ1v) is 7.68. The monoisotopic (exact) mass is 352 g/mol. The van der Waals surface area contributed by atoms with Crippen molar-refractivity contribution in [2.75, 3.05) is 7.11 Å². The molecule has 6 heteroatoms. The summed E-state index contributed by atoms with van der Waals surface area (Å²) in [4.78, 5) is 0. The van der Waals surface area contributed by atoms with E-state index in [9.17, 15) is 0 Å². The van der Waals surface area contributed by atoms with Gasteiger partial charge in [0.1, 0.15) is 5.75 Å². The maximum atomic E-state index is 5.71. The van der Waals surface area contributed by atoms with Gasteiger partial charge in [0.25, 0.3) is 0 Å². The van der Waals surface area contributed by atoms with Gasteiger partial charge in [-0.15, -0.1) is 0 Å². The number of nitrogens with zero attached hydrogens (tertiary/aromatic N) is 2. The minimum Gasteiger partial charge on any atom is -0.496 e. The van der Waals surface area contributed by atoms with Gasteiger partial charge >= 0.3 is 0 Å². The van der Waals surface area contributed by atoms with Crippen molar-refractivity contribution in [1.82, 2.24) is 15.2 Å². The van der Waals surface area contributed by atoms with E-state index in [-0.39, 0.29) is 6.04 Å². The third kappa shape index (κ3) is 3.84. The van der Waals surface area contributed by atoms with Crippen LogP contribution >= 0.6 is 15.9 Å². The maximum absolute atomic E-state index is 5.71. The predicted molar refractivity (Wildman–Crippen MR) is 87.1 cm³/mol. The molecule has 5 nitrogen and oxygen atoms in total. The number of rotatable bonds is 6. The van der Waals surface area contributed by atoms with Crippen LogP contribution in [-0.4, -0.2) is 16.9 Å². The highest BCUT2D eigenvalue weighted by atomic mass is 79.9. The second-order valence-electron chi connectivity index (χ2n) is 5.20. The minimum atomic E-state index is 0.00252. The first-order chi connectivity index (χ1) is 10.0. The van der Waals surface area contributed by atoms with Crippen molar-refractivity contribution in [2.24, 2.45) is 5.84 Å². The van der Waals surface area contributed by atoms with E-state index >= 15 is 0 Å². The second kappa shape index (κ2) is 7.06. The van der Waals surface area contributed by atoms with Gasteiger partial charge < -0.3 is 4.74 Å². The fourth-order valence-electron chi connectivity index (χ4n) is 2.16. The molecule has 1 aromatic carbocycles. The lowest BCUT2D eigenvalue weighted by atomic mass is 10.0. The summed E-state index contributed by atoms with van der Waals surface area (Å²) in [6.07, 6.45) is 2.73. The van der Waals surface area contributed by atoms with Crippen LogP contribution in [0.2, 0.25) is 0 Å². The van der Waals surface area contributed by atoms with Crippen molar-refractivity contribution in [2.45, 2.75) is 32.4 Å². The zero-order valence-corrected chi connectivity index (χ0v) is 14.1. The van der Waals surface area contributed by atoms with Gasteiger partial charge in [-0.05, 0) is 53.5 Å². The van der Waals surface area contributed by atoms with Gasteiger partial charge in [0.2, 0.25) is 0 Å². The number of hydrazine groups is 1. The molecule has 0 aliphatic rings. The van der Waals surface area contributed by atoms with E-state index in [1.165, 1.54) is 0 Å². The molecule has 0 aliphatic carbocycles. The van der Waals surface area contributed by atoms with Crippen molar-refractivity contribution in [3.05, 3.63) is 46.2 Å². The molecule has 3 N–H and O–H groups in total. The number of nitrogens with two attached hydrogens (primary N) is 1. The Morgan fingerprint density at radius 2 is 2.14 bits per heavy atom. The first-order valence-electron chi connectivity index (χ1n) is 6.88. The van der Waals surface area contributed by atoms with Gasteiger partial charge in [0, 0.05) is 18.7 Å². The fourth-order valence-corrected chi connectivity index (χ4v) is 2.71. The number of hydrogen-bond donors (Lipinski definition) is 2. The number of methoxy groups -OCH3 is 1. The lowest BCUT2D eigenvalue weighted by Crippen LogP contribution is -2.29. The molecule has 0 saturated heterocycles. The summed E-state index contributed by atoms with van der Waals surface area (Å²) in [5.41, 5.74) is 4.96. The Balaban J connectivity index is 2.17. The van der Waals surface area contributed by atoms with Crippen LogP contribution in [0.4, 0.5) is 0 Å². The van der Waals surface area contributed by atoms with Crippen molar-refractivity contribution >= 4 is 15.9 Å². The topological polar surface area (TPSA) is 65.1 Å². The molecule has 1 unspecified atom stereocenters. The molecule has 1 heterocycles. The van der Waals surface area contributed by atoms with Crippen LogP contribution in [0.15, 0.2) is 34.9 Å². The number of benzene rings is 1. The number of aromatic nitrogens is 2. The quantitative estimate of drug-likeness (QED) is 0.619. The molecular weight excluding hydrogens is 332 g/mol. The smallest absolute Gasteiger partial charge is 0.133 e. The Bertz CT molecular complexity index is 597. The number of hydrogen-bond acceptors (Lipinski definition) is 4. The summed E-state index contributed by atoms with van der Waals surface area (Å²) in [6.45, 7) is 4.21. The number of ether oxygens (including phenoxy) is 1. The second-order valence-corrected chi connectivity index (χ2v) is 6.05. The van der Waals surface area contributed by atoms with Crippen LogP contribution in [0, 0.1) is 0 Å². The molecule has 0 fully saturated rings. The van der Waals surface area contributed by atoms with E-state index in [1.54, 1.807) is 7.11 Å². The third-order valence-corrected chi connectivity index (χ3v) is 4.01. The van der Waals surface area contributed by atoms with Crippen LogP contribution in [0.5, 0.6) is 5.75 Å². The standard InChI is InChI=1S/C15H21BrN4O/c1-10(2)20-7-6-12(19-20)9-14(18-17)11-4-5-15(21-3)13(16)8-11/h4-8,10,14,18H,9,17H2,1-3H3. The largest absolute Gasteiger partial charge is 0.496 e. The van der Waals surface area contributed by atoms with Crippen LogP contribution in [-0.2, 0) is 6.42 Å².